The van der Waals surface area contributed by atoms with Crippen molar-refractivity contribution >= 4 is 15.9 Å². The summed E-state index contributed by atoms with van der Waals surface area (Å²) in [6.45, 7) is 2.08. The summed E-state index contributed by atoms with van der Waals surface area (Å²) in [5.41, 5.74) is 2.83. The van der Waals surface area contributed by atoms with E-state index in [1.165, 1.54) is 6.07 Å². The predicted molar refractivity (Wildman–Crippen MR) is 82.2 cm³/mol. The van der Waals surface area contributed by atoms with Crippen LogP contribution >= 0.6 is 15.9 Å². The molecule has 1 aromatic carbocycles. The van der Waals surface area contributed by atoms with Crippen molar-refractivity contribution in [2.24, 2.45) is 7.05 Å². The highest BCUT2D eigenvalue weighted by Crippen LogP contribution is 2.24. The lowest BCUT2D eigenvalue weighted by Crippen LogP contribution is -2.21. The Balaban J connectivity index is 2.28. The van der Waals surface area contributed by atoms with Crippen molar-refractivity contribution in [1.29, 1.82) is 0 Å². The fourth-order valence-electron chi connectivity index (χ4n) is 2.29. The first-order valence-corrected chi connectivity index (χ1v) is 7.48. The summed E-state index contributed by atoms with van der Waals surface area (Å²) in [5, 5.41) is 7.62. The van der Waals surface area contributed by atoms with Crippen molar-refractivity contribution in [3.8, 4) is 0 Å². The maximum absolute atomic E-state index is 14.0. The second-order valence-corrected chi connectivity index (χ2v) is 5.73. The molecule has 1 heterocycles. The van der Waals surface area contributed by atoms with Gasteiger partial charge in [-0.15, -0.1) is 0 Å². The van der Waals surface area contributed by atoms with Crippen LogP contribution in [0.4, 0.5) is 4.39 Å². The van der Waals surface area contributed by atoms with Gasteiger partial charge in [0.05, 0.1) is 5.69 Å². The molecule has 0 aliphatic heterocycles. The second-order valence-electron chi connectivity index (χ2n) is 4.82. The minimum atomic E-state index is -0.189. The molecule has 0 bridgehead atoms. The Morgan fingerprint density at radius 1 is 1.40 bits per heavy atom. The number of hydrogen-bond acceptors (Lipinski definition) is 2. The zero-order valence-electron chi connectivity index (χ0n) is 12.0. The molecule has 0 saturated heterocycles. The minimum absolute atomic E-state index is 0.0763. The molecule has 2 rings (SSSR count). The van der Waals surface area contributed by atoms with Crippen LogP contribution in [-0.2, 0) is 19.9 Å². The molecule has 3 nitrogen and oxygen atoms in total. The fourth-order valence-corrected chi connectivity index (χ4v) is 2.67. The molecule has 0 fully saturated rings. The van der Waals surface area contributed by atoms with Crippen molar-refractivity contribution in [2.45, 2.75) is 25.8 Å². The molecule has 1 unspecified atom stereocenters. The number of nitrogens with zero attached hydrogens (tertiary/aromatic N) is 2. The maximum Gasteiger partial charge on any atom is 0.128 e. The van der Waals surface area contributed by atoms with Crippen LogP contribution in [0.5, 0.6) is 0 Å². The third kappa shape index (κ3) is 3.27. The molecule has 0 amide bonds. The topological polar surface area (TPSA) is 29.9 Å². The molecule has 5 heteroatoms. The molecule has 0 radical (unpaired) electrons. The molecule has 0 saturated carbocycles. The van der Waals surface area contributed by atoms with Crippen LogP contribution in [0.15, 0.2) is 28.7 Å². The van der Waals surface area contributed by atoms with Gasteiger partial charge in [0.15, 0.2) is 0 Å². The molecule has 0 aliphatic rings. The van der Waals surface area contributed by atoms with Gasteiger partial charge in [-0.25, -0.2) is 4.39 Å². The van der Waals surface area contributed by atoms with Crippen molar-refractivity contribution in [3.63, 3.8) is 0 Å². The Morgan fingerprint density at radius 2 is 2.15 bits per heavy atom. The zero-order valence-corrected chi connectivity index (χ0v) is 13.5. The third-order valence-electron chi connectivity index (χ3n) is 3.48. The lowest BCUT2D eigenvalue weighted by molar-refractivity contribution is 0.519. The molecular formula is C15H19BrFN3. The van der Waals surface area contributed by atoms with Gasteiger partial charge in [0, 0.05) is 35.2 Å². The van der Waals surface area contributed by atoms with Gasteiger partial charge in [0.25, 0.3) is 0 Å². The van der Waals surface area contributed by atoms with E-state index in [2.05, 4.69) is 39.3 Å². The first-order valence-electron chi connectivity index (χ1n) is 6.69. The quantitative estimate of drug-likeness (QED) is 0.904. The van der Waals surface area contributed by atoms with E-state index in [-0.39, 0.29) is 11.9 Å². The van der Waals surface area contributed by atoms with Crippen molar-refractivity contribution in [2.75, 3.05) is 7.05 Å². The number of aryl methyl sites for hydroxylation is 2. The van der Waals surface area contributed by atoms with E-state index in [1.54, 1.807) is 6.07 Å². The number of benzene rings is 1. The summed E-state index contributed by atoms with van der Waals surface area (Å²) in [7, 11) is 3.78. The smallest absolute Gasteiger partial charge is 0.128 e. The van der Waals surface area contributed by atoms with Crippen molar-refractivity contribution in [1.82, 2.24) is 15.1 Å². The number of aromatic nitrogens is 2. The molecule has 0 aliphatic carbocycles. The van der Waals surface area contributed by atoms with Gasteiger partial charge in [0.2, 0.25) is 0 Å². The van der Waals surface area contributed by atoms with Crippen LogP contribution in [0.3, 0.4) is 0 Å². The summed E-state index contributed by atoms with van der Waals surface area (Å²) in [6.07, 6.45) is 1.61. The molecule has 108 valence electrons. The Kier molecular flexibility index (Phi) is 4.94. The molecule has 1 aromatic heterocycles. The Labute approximate surface area is 127 Å². The van der Waals surface area contributed by atoms with Gasteiger partial charge in [-0.2, -0.15) is 5.10 Å². The normalized spacial score (nSPS) is 12.7. The van der Waals surface area contributed by atoms with E-state index in [9.17, 15) is 4.39 Å². The molecule has 20 heavy (non-hydrogen) atoms. The lowest BCUT2D eigenvalue weighted by Gasteiger charge is -2.17. The Hall–Kier alpha value is -1.20. The monoisotopic (exact) mass is 339 g/mol. The summed E-state index contributed by atoms with van der Waals surface area (Å²) < 4.78 is 16.8. The number of nitrogens with one attached hydrogen (secondary N) is 1. The molecule has 0 spiro atoms. The summed E-state index contributed by atoms with van der Waals surface area (Å²) >= 11 is 3.40. The molecule has 1 atom stereocenters. The highest BCUT2D eigenvalue weighted by Gasteiger charge is 2.17. The van der Waals surface area contributed by atoms with Crippen LogP contribution in [0.2, 0.25) is 0 Å². The third-order valence-corrected chi connectivity index (χ3v) is 3.98. The minimum Gasteiger partial charge on any atom is -0.313 e. The number of halogens is 2. The highest BCUT2D eigenvalue weighted by molar-refractivity contribution is 9.10. The fraction of sp³-hybridized carbons (Fsp3) is 0.400. The van der Waals surface area contributed by atoms with E-state index in [1.807, 2.05) is 24.8 Å². The number of likely N-dealkylation sites (N-methyl/N-ethyl adjacent to an activating group) is 1. The predicted octanol–water partition coefficient (Wildman–Crippen LogP) is 3.39. The van der Waals surface area contributed by atoms with Crippen molar-refractivity contribution in [3.05, 3.63) is 51.5 Å². The summed E-state index contributed by atoms with van der Waals surface area (Å²) in [4.78, 5) is 0. The van der Waals surface area contributed by atoms with Gasteiger partial charge in [-0.05, 0) is 37.7 Å². The van der Waals surface area contributed by atoms with Crippen molar-refractivity contribution < 1.29 is 4.39 Å². The summed E-state index contributed by atoms with van der Waals surface area (Å²) in [6, 6.07) is 7.04. The maximum atomic E-state index is 14.0. The van der Waals surface area contributed by atoms with E-state index in [4.69, 9.17) is 0 Å². The molecule has 2 aromatic rings. The average Bonchev–Trinajstić information content (AvgIpc) is 2.79. The summed E-state index contributed by atoms with van der Waals surface area (Å²) in [5.74, 6) is -0.189. The van der Waals surface area contributed by atoms with Gasteiger partial charge in [-0.1, -0.05) is 22.9 Å². The van der Waals surface area contributed by atoms with Gasteiger partial charge < -0.3 is 5.32 Å². The van der Waals surface area contributed by atoms with E-state index in [0.717, 1.165) is 22.3 Å². The van der Waals surface area contributed by atoms with Gasteiger partial charge >= 0.3 is 0 Å². The van der Waals surface area contributed by atoms with Gasteiger partial charge in [0.1, 0.15) is 5.82 Å². The van der Waals surface area contributed by atoms with Crippen LogP contribution in [0.25, 0.3) is 0 Å². The standard InChI is InChI=1S/C15H19BrFN3/c1-4-11-8-12(20(3)19-11)9-15(18-2)13-7-10(16)5-6-14(13)17/h5-8,15,18H,4,9H2,1-3H3. The number of rotatable bonds is 5. The first-order chi connectivity index (χ1) is 9.55. The molecule has 1 N–H and O–H groups in total. The van der Waals surface area contributed by atoms with Crippen LogP contribution < -0.4 is 5.32 Å². The lowest BCUT2D eigenvalue weighted by atomic mass is 10.0. The Bertz CT molecular complexity index is 595. The highest BCUT2D eigenvalue weighted by atomic mass is 79.9. The largest absolute Gasteiger partial charge is 0.313 e. The first kappa shape index (κ1) is 15.2. The van der Waals surface area contributed by atoms with E-state index < -0.39 is 0 Å². The zero-order chi connectivity index (χ0) is 14.7. The van der Waals surface area contributed by atoms with Crippen LogP contribution in [0, 0.1) is 5.82 Å². The SMILES string of the molecule is CCc1cc(CC(NC)c2cc(Br)ccc2F)n(C)n1. The Morgan fingerprint density at radius 3 is 2.75 bits per heavy atom. The number of hydrogen-bond donors (Lipinski definition) is 1. The van der Waals surface area contributed by atoms with Gasteiger partial charge in [-0.3, -0.25) is 4.68 Å². The van der Waals surface area contributed by atoms with E-state index >= 15 is 0 Å². The molecular weight excluding hydrogens is 321 g/mol. The van der Waals surface area contributed by atoms with E-state index in [0.29, 0.717) is 12.0 Å². The average molecular weight is 340 g/mol. The second kappa shape index (κ2) is 6.50. The van der Waals surface area contributed by atoms with Crippen LogP contribution in [0.1, 0.15) is 29.9 Å². The van der Waals surface area contributed by atoms with Crippen LogP contribution in [-0.4, -0.2) is 16.8 Å².